The van der Waals surface area contributed by atoms with E-state index in [0.29, 0.717) is 25.7 Å². The minimum absolute atomic E-state index is 0.101. The van der Waals surface area contributed by atoms with Gasteiger partial charge in [-0.1, -0.05) is 375 Å². The largest absolute Gasteiger partial charge is 0.472 e. The minimum atomic E-state index is -4.97. The molecule has 3 N–H and O–H groups in total. The summed E-state index contributed by atoms with van der Waals surface area (Å²) in [6.45, 7) is 11.9. The Kier molecular flexibility index (Phi) is 73.8. The first kappa shape index (κ1) is 103. The van der Waals surface area contributed by atoms with Crippen LogP contribution in [0.15, 0.2) is 24.3 Å². The third-order valence-electron chi connectivity index (χ3n) is 19.9. The molecule has 105 heavy (non-hydrogen) atoms. The number of hydrogen-bond donors (Lipinski definition) is 3. The Morgan fingerprint density at radius 3 is 0.848 bits per heavy atom. The van der Waals surface area contributed by atoms with Gasteiger partial charge in [0.1, 0.15) is 19.3 Å². The lowest BCUT2D eigenvalue weighted by Crippen LogP contribution is -2.30. The molecule has 0 aliphatic carbocycles. The maximum Gasteiger partial charge on any atom is 0.472 e. The van der Waals surface area contributed by atoms with Crippen LogP contribution in [0.1, 0.15) is 427 Å². The Morgan fingerprint density at radius 1 is 0.314 bits per heavy atom. The van der Waals surface area contributed by atoms with Gasteiger partial charge in [0.15, 0.2) is 12.2 Å². The number of allylic oxidation sites excluding steroid dienone is 4. The van der Waals surface area contributed by atoms with E-state index in [1.165, 1.54) is 212 Å². The molecule has 6 atom stereocenters. The number of phosphoric ester groups is 2. The maximum absolute atomic E-state index is 13.1. The van der Waals surface area contributed by atoms with Gasteiger partial charge in [-0.2, -0.15) is 0 Å². The summed E-state index contributed by atoms with van der Waals surface area (Å²) in [4.78, 5) is 73.2. The van der Waals surface area contributed by atoms with Crippen molar-refractivity contribution in [2.45, 2.75) is 446 Å². The third kappa shape index (κ3) is 78.0. The van der Waals surface area contributed by atoms with Gasteiger partial charge in [-0.15, -0.1) is 0 Å². The van der Waals surface area contributed by atoms with Crippen molar-refractivity contribution in [1.82, 2.24) is 0 Å². The first-order chi connectivity index (χ1) is 50.8. The summed E-state index contributed by atoms with van der Waals surface area (Å²) in [5.74, 6) is 0.219. The van der Waals surface area contributed by atoms with E-state index in [-0.39, 0.29) is 25.7 Å². The highest BCUT2D eigenvalue weighted by molar-refractivity contribution is 7.47. The monoisotopic (exact) mass is 1530 g/mol. The standard InChI is InChI=1S/C86H164O17P2/c1-8-10-11-12-13-14-15-16-23-30-35-40-45-53-60-67-83(88)96-73-81(102-85(90)69-62-55-46-41-36-31-26-20-18-17-19-24-28-33-38-43-50-57-64-77(3)4)75-100-104(92,93)98-71-80(87)72-99-105(94,95)101-76-82(74-97-84(89)68-61-54-49-48-52-59-66-79(7)9-2)103-86(91)70-63-56-47-42-37-32-27-22-21-25-29-34-39-44-51-58-65-78(5)6/h14-16,23,77-82,87H,8-13,17-22,24-76H2,1-7H3,(H,92,93)(H,94,95)/b15-14-,23-16-/t79?,80-,81-,82-/m1/s1. The SMILES string of the molecule is CCCCCC/C=C\C=C/CCCCCCCC(=O)OC[C@H](COP(=O)(O)OC[C@@H](O)COP(=O)(O)OC[C@@H](COC(=O)CCCCCCCCC(C)CC)OC(=O)CCCCCCCCCCCCCCCCCCC(C)C)OC(=O)CCCCCCCCCCCCCCCCCCCCC(C)C. The zero-order valence-corrected chi connectivity index (χ0v) is 70.5. The zero-order valence-electron chi connectivity index (χ0n) is 68.7. The fraction of sp³-hybridized carbons (Fsp3) is 0.907. The second-order valence-electron chi connectivity index (χ2n) is 31.4. The fourth-order valence-electron chi connectivity index (χ4n) is 12.8. The predicted octanol–water partition coefficient (Wildman–Crippen LogP) is 25.6. The van der Waals surface area contributed by atoms with E-state index in [4.69, 9.17) is 37.0 Å². The summed E-state index contributed by atoms with van der Waals surface area (Å²) >= 11 is 0. The van der Waals surface area contributed by atoms with Crippen LogP contribution in [0.4, 0.5) is 0 Å². The van der Waals surface area contributed by atoms with Gasteiger partial charge in [-0.25, -0.2) is 9.13 Å². The van der Waals surface area contributed by atoms with Crippen LogP contribution >= 0.6 is 15.6 Å². The first-order valence-electron chi connectivity index (χ1n) is 43.7. The molecule has 0 aromatic rings. The van der Waals surface area contributed by atoms with Crippen LogP contribution in [0.5, 0.6) is 0 Å². The van der Waals surface area contributed by atoms with Crippen LogP contribution in [0.3, 0.4) is 0 Å². The van der Waals surface area contributed by atoms with Crippen molar-refractivity contribution < 1.29 is 80.2 Å². The molecule has 0 fully saturated rings. The molecule has 620 valence electrons. The topological polar surface area (TPSA) is 237 Å². The average Bonchev–Trinajstić information content (AvgIpc) is 0.906. The minimum Gasteiger partial charge on any atom is -0.462 e. The van der Waals surface area contributed by atoms with Crippen LogP contribution in [-0.4, -0.2) is 96.7 Å². The molecular formula is C86H164O17P2. The summed E-state index contributed by atoms with van der Waals surface area (Å²) in [5.41, 5.74) is 0. The molecule has 0 radical (unpaired) electrons. The van der Waals surface area contributed by atoms with Crippen LogP contribution in [0, 0.1) is 17.8 Å². The van der Waals surface area contributed by atoms with Gasteiger partial charge in [0.05, 0.1) is 26.4 Å². The molecule has 0 aliphatic rings. The summed E-state index contributed by atoms with van der Waals surface area (Å²) in [6.07, 6.45) is 68.9. The third-order valence-corrected chi connectivity index (χ3v) is 21.8. The van der Waals surface area contributed by atoms with Crippen molar-refractivity contribution in [3.05, 3.63) is 24.3 Å². The van der Waals surface area contributed by atoms with Gasteiger partial charge < -0.3 is 33.8 Å². The first-order valence-corrected chi connectivity index (χ1v) is 46.7. The Labute approximate surface area is 643 Å². The van der Waals surface area contributed by atoms with E-state index in [0.717, 1.165) is 133 Å². The quantitative estimate of drug-likeness (QED) is 0.0169. The highest BCUT2D eigenvalue weighted by Crippen LogP contribution is 2.45. The Morgan fingerprint density at radius 2 is 0.562 bits per heavy atom. The van der Waals surface area contributed by atoms with Crippen molar-refractivity contribution in [2.75, 3.05) is 39.6 Å². The number of hydrogen-bond acceptors (Lipinski definition) is 15. The number of ether oxygens (including phenoxy) is 4. The molecule has 0 aliphatic heterocycles. The molecule has 0 aromatic heterocycles. The Hall–Kier alpha value is -2.46. The highest BCUT2D eigenvalue weighted by Gasteiger charge is 2.30. The lowest BCUT2D eigenvalue weighted by Gasteiger charge is -2.21. The van der Waals surface area contributed by atoms with Crippen LogP contribution in [-0.2, 0) is 65.4 Å². The molecule has 0 amide bonds. The molecule has 0 bridgehead atoms. The summed E-state index contributed by atoms with van der Waals surface area (Å²) in [6, 6.07) is 0. The number of esters is 4. The van der Waals surface area contributed by atoms with E-state index in [1.807, 2.05) is 0 Å². The number of unbranched alkanes of at least 4 members (excludes halogenated alkanes) is 46. The van der Waals surface area contributed by atoms with E-state index >= 15 is 0 Å². The molecule has 0 rings (SSSR count). The number of phosphoric acid groups is 2. The molecular weight excluding hydrogens is 1370 g/mol. The Bertz CT molecular complexity index is 2120. The van der Waals surface area contributed by atoms with Gasteiger partial charge in [0, 0.05) is 25.7 Å². The lowest BCUT2D eigenvalue weighted by atomic mass is 10.00. The van der Waals surface area contributed by atoms with Gasteiger partial charge in [0.2, 0.25) is 0 Å². The van der Waals surface area contributed by atoms with Crippen molar-refractivity contribution in [3.63, 3.8) is 0 Å². The highest BCUT2D eigenvalue weighted by atomic mass is 31.2. The summed E-state index contributed by atoms with van der Waals surface area (Å²) in [5, 5.41) is 10.7. The number of aliphatic hydroxyl groups is 1. The van der Waals surface area contributed by atoms with Crippen LogP contribution < -0.4 is 0 Å². The number of aliphatic hydroxyl groups excluding tert-OH is 1. The van der Waals surface area contributed by atoms with Crippen molar-refractivity contribution in [3.8, 4) is 0 Å². The number of rotatable bonds is 82. The van der Waals surface area contributed by atoms with E-state index in [9.17, 15) is 43.2 Å². The van der Waals surface area contributed by atoms with Crippen molar-refractivity contribution in [1.29, 1.82) is 0 Å². The predicted molar refractivity (Wildman–Crippen MR) is 432 cm³/mol. The van der Waals surface area contributed by atoms with Crippen LogP contribution in [0.2, 0.25) is 0 Å². The van der Waals surface area contributed by atoms with Gasteiger partial charge in [0.25, 0.3) is 0 Å². The molecule has 3 unspecified atom stereocenters. The lowest BCUT2D eigenvalue weighted by molar-refractivity contribution is -0.161. The normalized spacial score (nSPS) is 14.3. The second-order valence-corrected chi connectivity index (χ2v) is 34.3. The molecule has 0 aromatic carbocycles. The molecule has 0 saturated heterocycles. The molecule has 19 heteroatoms. The average molecular weight is 1530 g/mol. The number of carbonyl (C=O) groups is 4. The van der Waals surface area contributed by atoms with E-state index < -0.39 is 97.5 Å². The molecule has 0 heterocycles. The van der Waals surface area contributed by atoms with Crippen molar-refractivity contribution in [2.24, 2.45) is 17.8 Å². The van der Waals surface area contributed by atoms with Crippen molar-refractivity contribution >= 4 is 39.5 Å². The fourth-order valence-corrected chi connectivity index (χ4v) is 14.4. The summed E-state index contributed by atoms with van der Waals surface area (Å²) in [7, 11) is -9.94. The van der Waals surface area contributed by atoms with E-state index in [2.05, 4.69) is 72.8 Å². The van der Waals surface area contributed by atoms with Gasteiger partial charge in [-0.3, -0.25) is 37.3 Å². The second kappa shape index (κ2) is 75.6. The smallest absolute Gasteiger partial charge is 0.462 e. The number of carbonyl (C=O) groups excluding carboxylic acids is 4. The molecule has 0 spiro atoms. The van der Waals surface area contributed by atoms with Crippen LogP contribution in [0.25, 0.3) is 0 Å². The summed E-state index contributed by atoms with van der Waals surface area (Å²) < 4.78 is 68.8. The molecule has 0 saturated carbocycles. The zero-order chi connectivity index (χ0) is 77.2. The maximum atomic E-state index is 13.1. The Balaban J connectivity index is 5.25. The molecule has 17 nitrogen and oxygen atoms in total. The van der Waals surface area contributed by atoms with E-state index in [1.54, 1.807) is 0 Å². The van der Waals surface area contributed by atoms with Gasteiger partial charge in [-0.05, 0) is 69.1 Å². The van der Waals surface area contributed by atoms with Gasteiger partial charge >= 0.3 is 39.5 Å².